The number of nitrogens with zero attached hydrogens (tertiary/aromatic N) is 6. The van der Waals surface area contributed by atoms with E-state index in [1.54, 1.807) is 18.5 Å². The van der Waals surface area contributed by atoms with Crippen LogP contribution in [0.5, 0.6) is 0 Å². The van der Waals surface area contributed by atoms with E-state index in [4.69, 9.17) is 0 Å². The normalized spacial score (nSPS) is 16.7. The van der Waals surface area contributed by atoms with E-state index in [1.807, 2.05) is 42.5 Å². The molecule has 1 fully saturated rings. The molecule has 0 aromatic carbocycles. The Morgan fingerprint density at radius 1 is 0.806 bits per heavy atom. The number of hydrogen-bond donors (Lipinski definition) is 2. The first-order valence-electron chi connectivity index (χ1n) is 11.7. The van der Waals surface area contributed by atoms with Gasteiger partial charge in [-0.15, -0.1) is 15.3 Å². The molecule has 10 nitrogen and oxygen atoms in total. The topological polar surface area (TPSA) is 136 Å². The van der Waals surface area contributed by atoms with Gasteiger partial charge in [0.15, 0.2) is 5.82 Å². The second-order valence-corrected chi connectivity index (χ2v) is 9.74. The van der Waals surface area contributed by atoms with Crippen LogP contribution in [-0.4, -0.2) is 42.2 Å². The summed E-state index contributed by atoms with van der Waals surface area (Å²) in [7, 11) is 0. The fourth-order valence-corrected chi connectivity index (χ4v) is 4.96. The first kappa shape index (κ1) is 23.6. The highest BCUT2D eigenvalue weighted by molar-refractivity contribution is 7.15. The van der Waals surface area contributed by atoms with Crippen molar-refractivity contribution in [1.29, 1.82) is 0 Å². The molecule has 0 saturated heterocycles. The number of aromatic nitrogens is 6. The molecule has 0 bridgehead atoms. The van der Waals surface area contributed by atoms with Gasteiger partial charge < -0.3 is 10.6 Å². The molecule has 1 aliphatic rings. The number of nitrogens with one attached hydrogen (secondary N) is 2. The van der Waals surface area contributed by atoms with Gasteiger partial charge in [-0.2, -0.15) is 5.10 Å². The summed E-state index contributed by atoms with van der Waals surface area (Å²) in [5.74, 6) is 0.923. The van der Waals surface area contributed by atoms with Crippen LogP contribution < -0.4 is 10.6 Å². The van der Waals surface area contributed by atoms with Gasteiger partial charge in [-0.05, 0) is 55.2 Å². The quantitative estimate of drug-likeness (QED) is 0.358. The third kappa shape index (κ3) is 6.30. The van der Waals surface area contributed by atoms with Crippen LogP contribution in [0.4, 0.5) is 10.9 Å². The van der Waals surface area contributed by atoms with Gasteiger partial charge in [0.1, 0.15) is 5.01 Å². The van der Waals surface area contributed by atoms with Crippen molar-refractivity contribution in [1.82, 2.24) is 30.4 Å². The van der Waals surface area contributed by atoms with Crippen molar-refractivity contribution >= 4 is 34.1 Å². The van der Waals surface area contributed by atoms with Crippen molar-refractivity contribution in [3.63, 3.8) is 0 Å². The van der Waals surface area contributed by atoms with Crippen molar-refractivity contribution in [3.05, 3.63) is 83.0 Å². The molecule has 0 radical (unpaired) electrons. The van der Waals surface area contributed by atoms with E-state index in [-0.39, 0.29) is 24.7 Å². The fourth-order valence-electron chi connectivity index (χ4n) is 4.09. The van der Waals surface area contributed by atoms with Crippen molar-refractivity contribution in [2.24, 2.45) is 5.92 Å². The summed E-state index contributed by atoms with van der Waals surface area (Å²) in [6.07, 6.45) is 6.52. The van der Waals surface area contributed by atoms with E-state index in [2.05, 4.69) is 41.0 Å². The van der Waals surface area contributed by atoms with E-state index >= 15 is 0 Å². The maximum atomic E-state index is 12.2. The summed E-state index contributed by atoms with van der Waals surface area (Å²) < 4.78 is 0. The van der Waals surface area contributed by atoms with E-state index in [0.717, 1.165) is 30.0 Å². The molecule has 1 aliphatic carbocycles. The van der Waals surface area contributed by atoms with Gasteiger partial charge in [0.25, 0.3) is 0 Å². The van der Waals surface area contributed by atoms with Gasteiger partial charge in [-0.25, -0.2) is 0 Å². The van der Waals surface area contributed by atoms with Gasteiger partial charge in [0.05, 0.1) is 18.5 Å². The zero-order valence-electron chi connectivity index (χ0n) is 19.4. The number of hydrogen-bond acceptors (Lipinski definition) is 9. The van der Waals surface area contributed by atoms with Crippen LogP contribution in [0.25, 0.3) is 0 Å². The largest absolute Gasteiger partial charge is 0.309 e. The summed E-state index contributed by atoms with van der Waals surface area (Å²) in [5.41, 5.74) is 2.34. The predicted octanol–water partition coefficient (Wildman–Crippen LogP) is 3.22. The van der Waals surface area contributed by atoms with Crippen molar-refractivity contribution in [3.8, 4) is 0 Å². The van der Waals surface area contributed by atoms with Gasteiger partial charge in [-0.1, -0.05) is 23.5 Å². The van der Waals surface area contributed by atoms with Crippen LogP contribution in [0, 0.1) is 5.92 Å². The Morgan fingerprint density at radius 3 is 2.11 bits per heavy atom. The highest BCUT2D eigenvalue weighted by atomic mass is 32.1. The van der Waals surface area contributed by atoms with Gasteiger partial charge in [-0.3, -0.25) is 19.6 Å². The van der Waals surface area contributed by atoms with Crippen LogP contribution in [0.1, 0.15) is 40.8 Å². The fraction of sp³-hybridized carbons (Fsp3) is 0.280. The molecular weight excluding hydrogens is 476 g/mol. The summed E-state index contributed by atoms with van der Waals surface area (Å²) in [6, 6.07) is 14.7. The minimum atomic E-state index is -0.177. The smallest absolute Gasteiger partial charge is 0.232 e. The SMILES string of the molecule is O=C(Cc1ccccn1)Nc1ccc(C2CC(Cc3nnc(NC(=O)Cc4ccccn4)s3)C2)nn1. The summed E-state index contributed by atoms with van der Waals surface area (Å²) >= 11 is 1.41. The molecule has 4 aromatic heterocycles. The Morgan fingerprint density at radius 2 is 1.50 bits per heavy atom. The Balaban J connectivity index is 1.05. The van der Waals surface area contributed by atoms with Crippen LogP contribution in [0.3, 0.4) is 0 Å². The molecule has 0 unspecified atom stereocenters. The number of amides is 2. The van der Waals surface area contributed by atoms with Crippen molar-refractivity contribution < 1.29 is 9.59 Å². The minimum absolute atomic E-state index is 0.157. The zero-order chi connectivity index (χ0) is 24.7. The van der Waals surface area contributed by atoms with E-state index in [9.17, 15) is 9.59 Å². The highest BCUT2D eigenvalue weighted by Gasteiger charge is 2.32. The summed E-state index contributed by atoms with van der Waals surface area (Å²) in [6.45, 7) is 0. The highest BCUT2D eigenvalue weighted by Crippen LogP contribution is 2.42. The standard InChI is InChI=1S/C25H24N8O2S/c34-22(14-18-5-1-3-9-26-18)28-21-8-7-20(30-31-21)17-11-16(12-17)13-24-32-33-25(36-24)29-23(35)15-19-6-2-4-10-27-19/h1-10,16-17H,11-15H2,(H,28,31,34)(H,29,33,35). The second-order valence-electron chi connectivity index (χ2n) is 8.67. The maximum Gasteiger partial charge on any atom is 0.232 e. The predicted molar refractivity (Wildman–Crippen MR) is 134 cm³/mol. The molecule has 5 rings (SSSR count). The number of carbonyl (C=O) groups is 2. The lowest BCUT2D eigenvalue weighted by Crippen LogP contribution is -2.25. The molecule has 2 amide bonds. The van der Waals surface area contributed by atoms with Gasteiger partial charge in [0, 0.05) is 36.1 Å². The lowest BCUT2D eigenvalue weighted by Gasteiger charge is -2.34. The molecule has 0 spiro atoms. The van der Waals surface area contributed by atoms with Crippen LogP contribution in [0.15, 0.2) is 60.9 Å². The van der Waals surface area contributed by atoms with Crippen LogP contribution >= 0.6 is 11.3 Å². The van der Waals surface area contributed by atoms with Crippen LogP contribution in [0.2, 0.25) is 0 Å². The average Bonchev–Trinajstić information content (AvgIpc) is 3.29. The zero-order valence-corrected chi connectivity index (χ0v) is 20.2. The molecule has 4 heterocycles. The third-order valence-corrected chi connectivity index (χ3v) is 6.78. The Hall–Kier alpha value is -4.12. The second kappa shape index (κ2) is 11.1. The Kier molecular flexibility index (Phi) is 7.27. The number of anilines is 2. The molecular formula is C25H24N8O2S. The first-order valence-corrected chi connectivity index (χ1v) is 12.5. The first-order chi connectivity index (χ1) is 17.6. The molecule has 0 atom stereocenters. The molecule has 2 N–H and O–H groups in total. The molecule has 11 heteroatoms. The number of carbonyl (C=O) groups excluding carboxylic acids is 2. The minimum Gasteiger partial charge on any atom is -0.309 e. The summed E-state index contributed by atoms with van der Waals surface area (Å²) in [4.78, 5) is 32.7. The molecule has 1 saturated carbocycles. The Bertz CT molecular complexity index is 1310. The molecule has 0 aliphatic heterocycles. The van der Waals surface area contributed by atoms with E-state index < -0.39 is 0 Å². The van der Waals surface area contributed by atoms with E-state index in [1.165, 1.54) is 11.3 Å². The Labute approximate surface area is 211 Å². The average molecular weight is 501 g/mol. The van der Waals surface area contributed by atoms with Gasteiger partial charge >= 0.3 is 0 Å². The number of rotatable bonds is 9. The molecule has 4 aromatic rings. The monoisotopic (exact) mass is 500 g/mol. The summed E-state index contributed by atoms with van der Waals surface area (Å²) in [5, 5.41) is 23.8. The third-order valence-electron chi connectivity index (χ3n) is 5.92. The van der Waals surface area contributed by atoms with Crippen molar-refractivity contribution in [2.45, 2.75) is 38.0 Å². The lowest BCUT2D eigenvalue weighted by atomic mass is 9.72. The molecule has 182 valence electrons. The lowest BCUT2D eigenvalue weighted by molar-refractivity contribution is -0.116. The molecule has 36 heavy (non-hydrogen) atoms. The van der Waals surface area contributed by atoms with Crippen molar-refractivity contribution in [2.75, 3.05) is 10.6 Å². The number of pyridine rings is 2. The van der Waals surface area contributed by atoms with Gasteiger partial charge in [0.2, 0.25) is 16.9 Å². The van der Waals surface area contributed by atoms with Crippen LogP contribution in [-0.2, 0) is 28.9 Å². The maximum absolute atomic E-state index is 12.2. The van der Waals surface area contributed by atoms with E-state index in [0.29, 0.717) is 34.2 Å².